The highest BCUT2D eigenvalue weighted by Gasteiger charge is 2.27. The molecule has 1 heterocycles. The minimum Gasteiger partial charge on any atom is -0.457 e. The lowest BCUT2D eigenvalue weighted by Crippen LogP contribution is -2.27. The van der Waals surface area contributed by atoms with Crippen molar-refractivity contribution in [1.82, 2.24) is 4.31 Å². The first kappa shape index (κ1) is 21.2. The number of hydrogen-bond acceptors (Lipinski definition) is 5. The van der Waals surface area contributed by atoms with Crippen molar-refractivity contribution in [1.29, 1.82) is 0 Å². The highest BCUT2D eigenvalue weighted by atomic mass is 32.2. The third kappa shape index (κ3) is 4.92. The molecule has 1 aliphatic rings. The number of nitrogens with zero attached hydrogens (tertiary/aromatic N) is 1. The van der Waals surface area contributed by atoms with Gasteiger partial charge in [-0.2, -0.15) is 4.31 Å². The van der Waals surface area contributed by atoms with Gasteiger partial charge in [0.2, 0.25) is 10.0 Å². The Morgan fingerprint density at radius 3 is 2.21 bits per heavy atom. The molecule has 0 spiro atoms. The van der Waals surface area contributed by atoms with E-state index < -0.39 is 21.9 Å². The Morgan fingerprint density at radius 1 is 1.00 bits per heavy atom. The van der Waals surface area contributed by atoms with Crippen molar-refractivity contribution in [3.8, 4) is 0 Å². The summed E-state index contributed by atoms with van der Waals surface area (Å²) in [7, 11) is -3.52. The molecule has 0 saturated carbocycles. The minimum absolute atomic E-state index is 0.170. The first-order valence-corrected chi connectivity index (χ1v) is 11.2. The van der Waals surface area contributed by atoms with Crippen LogP contribution >= 0.6 is 0 Å². The summed E-state index contributed by atoms with van der Waals surface area (Å²) in [5.41, 5.74) is 1.16. The molecule has 1 saturated heterocycles. The molecule has 0 aromatic heterocycles. The molecule has 7 heteroatoms. The second-order valence-electron chi connectivity index (χ2n) is 7.04. The fraction of sp³-hybridized carbons (Fsp3) is 0.364. The Bertz CT molecular complexity index is 948. The predicted molar refractivity (Wildman–Crippen MR) is 109 cm³/mol. The van der Waals surface area contributed by atoms with Crippen molar-refractivity contribution in [2.24, 2.45) is 0 Å². The third-order valence-electron chi connectivity index (χ3n) is 5.12. The highest BCUT2D eigenvalue weighted by Crippen LogP contribution is 2.22. The van der Waals surface area contributed by atoms with Gasteiger partial charge in [-0.1, -0.05) is 37.3 Å². The second kappa shape index (κ2) is 9.33. The Balaban J connectivity index is 1.61. The van der Waals surface area contributed by atoms with E-state index in [2.05, 4.69) is 0 Å². The lowest BCUT2D eigenvalue weighted by atomic mass is 9.97. The molecule has 0 radical (unpaired) electrons. The molecule has 3 rings (SSSR count). The van der Waals surface area contributed by atoms with Crippen molar-refractivity contribution in [3.05, 3.63) is 65.7 Å². The molecule has 154 valence electrons. The molecule has 1 atom stereocenters. The van der Waals surface area contributed by atoms with Gasteiger partial charge in [-0.3, -0.25) is 9.59 Å². The van der Waals surface area contributed by atoms with Crippen LogP contribution in [0.25, 0.3) is 0 Å². The number of Topliss-reactive ketones (excluding diaryl/α,β-unsaturated/α-hetero) is 1. The van der Waals surface area contributed by atoms with E-state index in [-0.39, 0.29) is 17.3 Å². The lowest BCUT2D eigenvalue weighted by molar-refractivity contribution is -0.144. The fourth-order valence-corrected chi connectivity index (χ4v) is 4.95. The van der Waals surface area contributed by atoms with E-state index in [1.165, 1.54) is 28.6 Å². The quantitative estimate of drug-likeness (QED) is 0.488. The van der Waals surface area contributed by atoms with Gasteiger partial charge in [-0.25, -0.2) is 8.42 Å². The zero-order chi connectivity index (χ0) is 20.9. The number of ketones is 1. The van der Waals surface area contributed by atoms with Gasteiger partial charge in [-0.15, -0.1) is 0 Å². The maximum Gasteiger partial charge on any atom is 0.313 e. The molecule has 0 N–H and O–H groups in total. The van der Waals surface area contributed by atoms with E-state index in [0.717, 1.165) is 18.4 Å². The zero-order valence-corrected chi connectivity index (χ0v) is 17.2. The molecule has 2 aromatic carbocycles. The molecule has 1 fully saturated rings. The monoisotopic (exact) mass is 415 g/mol. The van der Waals surface area contributed by atoms with Crippen molar-refractivity contribution in [2.75, 3.05) is 19.7 Å². The largest absolute Gasteiger partial charge is 0.457 e. The summed E-state index contributed by atoms with van der Waals surface area (Å²) < 4.78 is 31.8. The highest BCUT2D eigenvalue weighted by molar-refractivity contribution is 7.89. The number of hydrogen-bond donors (Lipinski definition) is 0. The molecular formula is C22H25NO5S. The third-order valence-corrected chi connectivity index (χ3v) is 7.03. The van der Waals surface area contributed by atoms with Crippen molar-refractivity contribution in [3.63, 3.8) is 0 Å². The summed E-state index contributed by atoms with van der Waals surface area (Å²) in [5.74, 6) is -1.23. The summed E-state index contributed by atoms with van der Waals surface area (Å²) in [4.78, 5) is 24.9. The first-order chi connectivity index (χ1) is 13.9. The Hall–Kier alpha value is -2.51. The standard InChI is InChI=1S/C22H25NO5S/c1-2-20(17-8-4-3-5-9-17)22(25)28-16-21(24)18-10-12-19(13-11-18)29(26,27)23-14-6-7-15-23/h3-5,8-13,20H,2,6-7,14-16H2,1H3/t20-/m0/s1. The van der Waals surface area contributed by atoms with Crippen LogP contribution in [0.15, 0.2) is 59.5 Å². The number of sulfonamides is 1. The summed E-state index contributed by atoms with van der Waals surface area (Å²) in [5, 5.41) is 0. The van der Waals surface area contributed by atoms with Crippen LogP contribution in [0.5, 0.6) is 0 Å². The first-order valence-electron chi connectivity index (χ1n) is 9.78. The zero-order valence-electron chi connectivity index (χ0n) is 16.4. The molecule has 6 nitrogen and oxygen atoms in total. The van der Waals surface area contributed by atoms with Gasteiger partial charge in [0.05, 0.1) is 10.8 Å². The molecule has 2 aromatic rings. The van der Waals surface area contributed by atoms with E-state index in [0.29, 0.717) is 25.1 Å². The van der Waals surface area contributed by atoms with Crippen LogP contribution in [-0.2, 0) is 19.6 Å². The van der Waals surface area contributed by atoms with Gasteiger partial charge < -0.3 is 4.74 Å². The summed E-state index contributed by atoms with van der Waals surface area (Å²) >= 11 is 0. The van der Waals surface area contributed by atoms with Crippen LogP contribution in [0.4, 0.5) is 0 Å². The van der Waals surface area contributed by atoms with Crippen molar-refractivity contribution < 1.29 is 22.7 Å². The maximum absolute atomic E-state index is 12.5. The minimum atomic E-state index is -3.52. The molecule has 0 amide bonds. The summed E-state index contributed by atoms with van der Waals surface area (Å²) in [6.07, 6.45) is 2.30. The van der Waals surface area contributed by atoms with Gasteiger partial charge in [0.25, 0.3) is 0 Å². The van der Waals surface area contributed by atoms with Crippen LogP contribution in [-0.4, -0.2) is 44.2 Å². The average Bonchev–Trinajstić information content (AvgIpc) is 3.29. The number of carbonyl (C=O) groups is 2. The Kier molecular flexibility index (Phi) is 6.82. The van der Waals surface area contributed by atoms with Crippen molar-refractivity contribution in [2.45, 2.75) is 37.0 Å². The molecule has 0 aliphatic carbocycles. The van der Waals surface area contributed by atoms with Gasteiger partial charge in [0, 0.05) is 18.7 Å². The number of rotatable bonds is 8. The van der Waals surface area contributed by atoms with Crippen LogP contribution in [0.1, 0.15) is 48.0 Å². The van der Waals surface area contributed by atoms with E-state index in [1.807, 2.05) is 37.3 Å². The predicted octanol–water partition coefficient (Wildman–Crippen LogP) is 3.39. The molecule has 1 aliphatic heterocycles. The Labute approximate surface area is 171 Å². The van der Waals surface area contributed by atoms with Gasteiger partial charge >= 0.3 is 5.97 Å². The average molecular weight is 416 g/mol. The maximum atomic E-state index is 12.5. The Morgan fingerprint density at radius 2 is 1.62 bits per heavy atom. The van der Waals surface area contributed by atoms with Gasteiger partial charge in [0.1, 0.15) is 0 Å². The van der Waals surface area contributed by atoms with E-state index in [4.69, 9.17) is 4.74 Å². The van der Waals surface area contributed by atoms with Gasteiger partial charge in [-0.05, 0) is 49.1 Å². The number of esters is 1. The molecule has 0 bridgehead atoms. The molecular weight excluding hydrogens is 390 g/mol. The number of ether oxygens (including phenoxy) is 1. The lowest BCUT2D eigenvalue weighted by Gasteiger charge is -2.16. The van der Waals surface area contributed by atoms with Crippen LogP contribution in [0.3, 0.4) is 0 Å². The molecule has 29 heavy (non-hydrogen) atoms. The van der Waals surface area contributed by atoms with Crippen LogP contribution in [0, 0.1) is 0 Å². The smallest absolute Gasteiger partial charge is 0.313 e. The van der Waals surface area contributed by atoms with Gasteiger partial charge in [0.15, 0.2) is 12.4 Å². The SMILES string of the molecule is CC[C@H](C(=O)OCC(=O)c1ccc(S(=O)(=O)N2CCCC2)cc1)c1ccccc1. The molecule has 0 unspecified atom stereocenters. The fourth-order valence-electron chi connectivity index (χ4n) is 3.43. The van der Waals surface area contributed by atoms with Crippen molar-refractivity contribution >= 4 is 21.8 Å². The van der Waals surface area contributed by atoms with E-state index in [9.17, 15) is 18.0 Å². The number of benzene rings is 2. The topological polar surface area (TPSA) is 80.8 Å². The summed E-state index contributed by atoms with van der Waals surface area (Å²) in [6.45, 7) is 2.57. The number of carbonyl (C=O) groups excluding carboxylic acids is 2. The van der Waals surface area contributed by atoms with E-state index >= 15 is 0 Å². The summed E-state index contributed by atoms with van der Waals surface area (Å²) in [6, 6.07) is 15.1. The second-order valence-corrected chi connectivity index (χ2v) is 8.98. The van der Waals surface area contributed by atoms with Crippen LogP contribution < -0.4 is 0 Å². The normalized spacial score (nSPS) is 15.8. The van der Waals surface area contributed by atoms with Crippen LogP contribution in [0.2, 0.25) is 0 Å². The van der Waals surface area contributed by atoms with E-state index in [1.54, 1.807) is 0 Å².